The molecule has 108 valence electrons. The van der Waals surface area contributed by atoms with Crippen LogP contribution in [0.5, 0.6) is 0 Å². The molecule has 0 spiro atoms. The zero-order valence-electron chi connectivity index (χ0n) is 12.3. The number of aromatic carboxylic acids is 1. The predicted octanol–water partition coefficient (Wildman–Crippen LogP) is 1.75. The van der Waals surface area contributed by atoms with Crippen molar-refractivity contribution in [2.75, 3.05) is 25.0 Å². The molecule has 1 aliphatic rings. The highest BCUT2D eigenvalue weighted by atomic mass is 16.4. The fourth-order valence-corrected chi connectivity index (χ4v) is 2.69. The topological polar surface area (TPSA) is 60.9 Å². The zero-order chi connectivity index (χ0) is 15.1. The third-order valence-corrected chi connectivity index (χ3v) is 3.88. The first-order valence-corrected chi connectivity index (χ1v) is 6.62. The van der Waals surface area contributed by atoms with Crippen molar-refractivity contribution < 1.29 is 14.7 Å². The van der Waals surface area contributed by atoms with Gasteiger partial charge in [0.05, 0.1) is 11.3 Å². The van der Waals surface area contributed by atoms with Gasteiger partial charge in [-0.05, 0) is 32.9 Å². The molecule has 2 rings (SSSR count). The molecule has 1 amide bonds. The lowest BCUT2D eigenvalue weighted by Crippen LogP contribution is -2.62. The first kappa shape index (κ1) is 14.4. The summed E-state index contributed by atoms with van der Waals surface area (Å²) in [6.45, 7) is 6.73. The molecular formula is C15H20N2O3. The van der Waals surface area contributed by atoms with Crippen molar-refractivity contribution in [2.24, 2.45) is 0 Å². The number of benzene rings is 1. The SMILES string of the molecule is Cc1ccc(N2CCN(C)C(=O)C2(C)C)c(C(=O)O)c1. The summed E-state index contributed by atoms with van der Waals surface area (Å²) in [5, 5.41) is 9.39. The van der Waals surface area contributed by atoms with E-state index >= 15 is 0 Å². The number of likely N-dealkylation sites (N-methyl/N-ethyl adjacent to an activating group) is 1. The molecule has 5 nitrogen and oxygen atoms in total. The molecule has 1 aliphatic heterocycles. The van der Waals surface area contributed by atoms with E-state index in [9.17, 15) is 14.7 Å². The zero-order valence-corrected chi connectivity index (χ0v) is 12.3. The van der Waals surface area contributed by atoms with Crippen LogP contribution in [-0.4, -0.2) is 47.6 Å². The number of hydrogen-bond donors (Lipinski definition) is 1. The predicted molar refractivity (Wildman–Crippen MR) is 77.2 cm³/mol. The van der Waals surface area contributed by atoms with E-state index in [0.717, 1.165) is 5.56 Å². The third kappa shape index (κ3) is 2.24. The maximum Gasteiger partial charge on any atom is 0.337 e. The first-order chi connectivity index (χ1) is 9.25. The van der Waals surface area contributed by atoms with Crippen molar-refractivity contribution in [1.82, 2.24) is 4.90 Å². The van der Waals surface area contributed by atoms with E-state index in [4.69, 9.17) is 0 Å². The van der Waals surface area contributed by atoms with Crippen molar-refractivity contribution in [3.05, 3.63) is 29.3 Å². The standard InChI is InChI=1S/C15H20N2O3/c1-10-5-6-12(11(9-10)13(18)19)17-8-7-16(4)14(20)15(17,2)3/h5-6,9H,7-8H2,1-4H3,(H,18,19). The van der Waals surface area contributed by atoms with Crippen molar-refractivity contribution in [2.45, 2.75) is 26.3 Å². The molecule has 1 aromatic carbocycles. The highest BCUT2D eigenvalue weighted by Crippen LogP contribution is 2.31. The molecule has 0 unspecified atom stereocenters. The van der Waals surface area contributed by atoms with Crippen LogP contribution in [0.3, 0.4) is 0 Å². The normalized spacial score (nSPS) is 18.3. The minimum absolute atomic E-state index is 0.000615. The number of aryl methyl sites for hydroxylation is 1. The van der Waals surface area contributed by atoms with Gasteiger partial charge in [-0.1, -0.05) is 11.6 Å². The fraction of sp³-hybridized carbons (Fsp3) is 0.467. The number of piperazine rings is 1. The number of nitrogens with zero attached hydrogens (tertiary/aromatic N) is 2. The van der Waals surface area contributed by atoms with E-state index in [1.54, 1.807) is 24.1 Å². The van der Waals surface area contributed by atoms with E-state index < -0.39 is 11.5 Å². The average Bonchev–Trinajstić information content (AvgIpc) is 2.37. The minimum Gasteiger partial charge on any atom is -0.478 e. The molecule has 0 bridgehead atoms. The second kappa shape index (κ2) is 4.81. The number of carbonyl (C=O) groups is 2. The Bertz CT molecular complexity index is 566. The first-order valence-electron chi connectivity index (χ1n) is 6.62. The molecule has 0 aliphatic carbocycles. The van der Waals surface area contributed by atoms with Crippen LogP contribution < -0.4 is 4.90 Å². The number of amides is 1. The lowest BCUT2D eigenvalue weighted by atomic mass is 9.95. The van der Waals surface area contributed by atoms with Crippen LogP contribution in [0, 0.1) is 6.92 Å². The Kier molecular flexibility index (Phi) is 3.46. The molecule has 0 aromatic heterocycles. The summed E-state index contributed by atoms with van der Waals surface area (Å²) in [5.41, 5.74) is 1.00. The summed E-state index contributed by atoms with van der Waals surface area (Å²) < 4.78 is 0. The van der Waals surface area contributed by atoms with Crippen LogP contribution in [0.25, 0.3) is 0 Å². The Balaban J connectivity index is 2.51. The Hall–Kier alpha value is -2.04. The van der Waals surface area contributed by atoms with Gasteiger partial charge in [-0.2, -0.15) is 0 Å². The largest absolute Gasteiger partial charge is 0.478 e. The van der Waals surface area contributed by atoms with Crippen molar-refractivity contribution in [3.63, 3.8) is 0 Å². The van der Waals surface area contributed by atoms with Crippen molar-refractivity contribution >= 4 is 17.6 Å². The van der Waals surface area contributed by atoms with Gasteiger partial charge in [0.1, 0.15) is 5.54 Å². The molecule has 1 saturated heterocycles. The number of carboxylic acid groups (broad SMARTS) is 1. The van der Waals surface area contributed by atoms with Crippen LogP contribution in [0.4, 0.5) is 5.69 Å². The van der Waals surface area contributed by atoms with E-state index in [1.807, 2.05) is 31.7 Å². The second-order valence-electron chi connectivity index (χ2n) is 5.76. The average molecular weight is 276 g/mol. The van der Waals surface area contributed by atoms with Crippen LogP contribution in [0.2, 0.25) is 0 Å². The second-order valence-corrected chi connectivity index (χ2v) is 5.76. The fourth-order valence-electron chi connectivity index (χ4n) is 2.69. The summed E-state index contributed by atoms with van der Waals surface area (Å²) in [4.78, 5) is 27.3. The quantitative estimate of drug-likeness (QED) is 0.894. The highest BCUT2D eigenvalue weighted by Gasteiger charge is 2.41. The van der Waals surface area contributed by atoms with Crippen LogP contribution >= 0.6 is 0 Å². The van der Waals surface area contributed by atoms with Gasteiger partial charge < -0.3 is 14.9 Å². The Morgan fingerprint density at radius 3 is 2.55 bits per heavy atom. The van der Waals surface area contributed by atoms with Crippen LogP contribution in [0.1, 0.15) is 29.8 Å². The molecule has 0 atom stereocenters. The molecule has 0 radical (unpaired) electrons. The van der Waals surface area contributed by atoms with Crippen molar-refractivity contribution in [1.29, 1.82) is 0 Å². The van der Waals surface area contributed by atoms with Gasteiger partial charge >= 0.3 is 5.97 Å². The van der Waals surface area contributed by atoms with E-state index in [1.165, 1.54) is 0 Å². The summed E-state index contributed by atoms with van der Waals surface area (Å²) in [7, 11) is 1.77. The molecule has 20 heavy (non-hydrogen) atoms. The molecule has 1 N–H and O–H groups in total. The maximum absolute atomic E-state index is 12.3. The minimum atomic E-state index is -0.967. The summed E-state index contributed by atoms with van der Waals surface area (Å²) >= 11 is 0. The molecule has 1 aromatic rings. The van der Waals surface area contributed by atoms with E-state index in [2.05, 4.69) is 0 Å². The van der Waals surface area contributed by atoms with Gasteiger partial charge in [-0.3, -0.25) is 4.79 Å². The van der Waals surface area contributed by atoms with Gasteiger partial charge in [-0.15, -0.1) is 0 Å². The van der Waals surface area contributed by atoms with Gasteiger partial charge in [0, 0.05) is 20.1 Å². The highest BCUT2D eigenvalue weighted by molar-refractivity contribution is 5.97. The molecular weight excluding hydrogens is 256 g/mol. The van der Waals surface area contributed by atoms with Gasteiger partial charge in [0.15, 0.2) is 0 Å². The summed E-state index contributed by atoms with van der Waals surface area (Å²) in [6, 6.07) is 5.32. The molecule has 1 fully saturated rings. The summed E-state index contributed by atoms with van der Waals surface area (Å²) in [6.07, 6.45) is 0. The molecule has 0 saturated carbocycles. The lowest BCUT2D eigenvalue weighted by molar-refractivity contribution is -0.136. The van der Waals surface area contributed by atoms with Gasteiger partial charge in [0.2, 0.25) is 5.91 Å². The van der Waals surface area contributed by atoms with Crippen LogP contribution in [0.15, 0.2) is 18.2 Å². The lowest BCUT2D eigenvalue weighted by Gasteiger charge is -2.46. The van der Waals surface area contributed by atoms with E-state index in [-0.39, 0.29) is 11.5 Å². The Morgan fingerprint density at radius 2 is 1.95 bits per heavy atom. The van der Waals surface area contributed by atoms with Gasteiger partial charge in [-0.25, -0.2) is 4.79 Å². The number of rotatable bonds is 2. The number of carboxylic acids is 1. The van der Waals surface area contributed by atoms with Crippen molar-refractivity contribution in [3.8, 4) is 0 Å². The monoisotopic (exact) mass is 276 g/mol. The maximum atomic E-state index is 12.3. The third-order valence-electron chi connectivity index (χ3n) is 3.88. The molecule has 1 heterocycles. The Labute approximate surface area is 118 Å². The van der Waals surface area contributed by atoms with E-state index in [0.29, 0.717) is 18.8 Å². The van der Waals surface area contributed by atoms with Crippen LogP contribution in [-0.2, 0) is 4.79 Å². The molecule has 5 heteroatoms. The Morgan fingerprint density at radius 1 is 1.30 bits per heavy atom. The smallest absolute Gasteiger partial charge is 0.337 e. The number of hydrogen-bond acceptors (Lipinski definition) is 3. The number of anilines is 1. The van der Waals surface area contributed by atoms with Gasteiger partial charge in [0.25, 0.3) is 0 Å². The summed E-state index contributed by atoms with van der Waals surface area (Å²) in [5.74, 6) is -0.966. The number of carbonyl (C=O) groups excluding carboxylic acids is 1.